The molecule has 228 valence electrons. The molecule has 0 radical (unpaired) electrons. The number of hydrogen-bond acceptors (Lipinski definition) is 4. The van der Waals surface area contributed by atoms with Gasteiger partial charge < -0.3 is 19.5 Å². The van der Waals surface area contributed by atoms with Gasteiger partial charge in [0.25, 0.3) is 0 Å². The second-order valence-corrected chi connectivity index (χ2v) is 11.8. The summed E-state index contributed by atoms with van der Waals surface area (Å²) >= 11 is 0. The highest BCUT2D eigenvalue weighted by Crippen LogP contribution is 2.27. The molecule has 1 heterocycles. The van der Waals surface area contributed by atoms with Crippen LogP contribution < -0.4 is 9.47 Å². The van der Waals surface area contributed by atoms with Gasteiger partial charge in [-0.3, -0.25) is 4.79 Å². The Morgan fingerprint density at radius 1 is 0.610 bits per heavy atom. The number of carbonyl (C=O) groups is 1. The minimum absolute atomic E-state index is 0.155. The lowest BCUT2D eigenvalue weighted by Gasteiger charge is -2.09. The van der Waals surface area contributed by atoms with Crippen LogP contribution in [0.1, 0.15) is 129 Å². The molecule has 0 bridgehead atoms. The van der Waals surface area contributed by atoms with Gasteiger partial charge in [0, 0.05) is 6.54 Å². The maximum atomic E-state index is 12.1. The fraction of sp³-hybridized carbons (Fsp3) is 0.639. The molecule has 1 aliphatic heterocycles. The first-order valence-electron chi connectivity index (χ1n) is 16.7. The monoisotopic (exact) mass is 565 g/mol. The van der Waals surface area contributed by atoms with E-state index in [1.54, 1.807) is 24.3 Å². The maximum Gasteiger partial charge on any atom is 0.246 e. The smallest absolute Gasteiger partial charge is 0.246 e. The van der Waals surface area contributed by atoms with E-state index in [4.69, 9.17) is 9.47 Å². The third-order valence-corrected chi connectivity index (χ3v) is 8.17. The molecule has 1 saturated heterocycles. The Morgan fingerprint density at radius 3 is 1.61 bits per heavy atom. The van der Waals surface area contributed by atoms with Crippen molar-refractivity contribution in [1.82, 2.24) is 4.90 Å². The first-order valence-corrected chi connectivity index (χ1v) is 16.7. The molecule has 5 nitrogen and oxygen atoms in total. The van der Waals surface area contributed by atoms with Crippen molar-refractivity contribution in [3.05, 3.63) is 48.5 Å². The number of ether oxygens (including phenoxy) is 2. The zero-order chi connectivity index (χ0) is 29.0. The molecule has 1 N–H and O–H groups in total. The molecule has 0 aliphatic carbocycles. The first kappa shape index (κ1) is 32.8. The van der Waals surface area contributed by atoms with E-state index >= 15 is 0 Å². The van der Waals surface area contributed by atoms with Crippen LogP contribution in [0, 0.1) is 0 Å². The van der Waals surface area contributed by atoms with Gasteiger partial charge in [-0.2, -0.15) is 0 Å². The van der Waals surface area contributed by atoms with Crippen LogP contribution in [-0.4, -0.2) is 35.1 Å². The van der Waals surface area contributed by atoms with E-state index < -0.39 is 0 Å². The zero-order valence-electron chi connectivity index (χ0n) is 25.7. The standard InChI is InChI=1S/C36H55NO4/c1-2-3-4-5-6-7-8-9-10-11-12-13-14-15-16-18-29-37-35(36(37)39)20-17-19-30-40-32-25-27-34(28-26-32)41-33-23-21-31(38)22-24-33/h21-28,35,38H,2-20,29-30H2,1H3. The summed E-state index contributed by atoms with van der Waals surface area (Å²) in [5, 5.41) is 9.37. The van der Waals surface area contributed by atoms with Crippen molar-refractivity contribution < 1.29 is 19.4 Å². The second-order valence-electron chi connectivity index (χ2n) is 11.8. The summed E-state index contributed by atoms with van der Waals surface area (Å²) in [6, 6.07) is 14.4. The second kappa shape index (κ2) is 20.2. The molecule has 5 heteroatoms. The molecule has 1 unspecified atom stereocenters. The molecule has 2 aromatic rings. The molecule has 2 aromatic carbocycles. The molecule has 1 aliphatic rings. The molecule has 0 saturated carbocycles. The number of unbranched alkanes of at least 4 members (excludes halogenated alkanes) is 16. The molecule has 1 atom stereocenters. The summed E-state index contributed by atoms with van der Waals surface area (Å²) in [6.45, 7) is 3.88. The SMILES string of the molecule is CCCCCCCCCCCCCCCCCCN1C(=O)C1CCCCOc1ccc(Oc2ccc(O)cc2)cc1. The van der Waals surface area contributed by atoms with Crippen LogP contribution in [0.15, 0.2) is 48.5 Å². The number of phenols is 1. The molecule has 1 fully saturated rings. The van der Waals surface area contributed by atoms with Crippen LogP contribution in [-0.2, 0) is 4.79 Å². The van der Waals surface area contributed by atoms with E-state index in [-0.39, 0.29) is 11.8 Å². The van der Waals surface area contributed by atoms with Crippen molar-refractivity contribution in [2.24, 2.45) is 0 Å². The molecule has 3 rings (SSSR count). The fourth-order valence-electron chi connectivity index (χ4n) is 5.52. The zero-order valence-corrected chi connectivity index (χ0v) is 25.7. The van der Waals surface area contributed by atoms with E-state index in [0.29, 0.717) is 18.3 Å². The van der Waals surface area contributed by atoms with Crippen LogP contribution in [0.2, 0.25) is 0 Å². The Kier molecular flexibility index (Phi) is 16.2. The van der Waals surface area contributed by atoms with E-state index in [2.05, 4.69) is 11.8 Å². The number of phenolic OH excluding ortho intramolecular Hbond substituents is 1. The van der Waals surface area contributed by atoms with E-state index in [1.165, 1.54) is 96.3 Å². The lowest BCUT2D eigenvalue weighted by atomic mass is 10.0. The van der Waals surface area contributed by atoms with Crippen molar-refractivity contribution in [3.8, 4) is 23.0 Å². The largest absolute Gasteiger partial charge is 0.508 e. The fourth-order valence-corrected chi connectivity index (χ4v) is 5.52. The number of aromatic hydroxyl groups is 1. The van der Waals surface area contributed by atoms with Gasteiger partial charge in [0.15, 0.2) is 0 Å². The predicted octanol–water partition coefficient (Wildman–Crippen LogP) is 10.2. The topological polar surface area (TPSA) is 58.8 Å². The minimum Gasteiger partial charge on any atom is -0.508 e. The highest BCUT2D eigenvalue weighted by atomic mass is 16.5. The quantitative estimate of drug-likeness (QED) is 0.0961. The van der Waals surface area contributed by atoms with Crippen LogP contribution in [0.25, 0.3) is 0 Å². The average molecular weight is 566 g/mol. The molecular formula is C36H55NO4. The van der Waals surface area contributed by atoms with Crippen molar-refractivity contribution >= 4 is 5.91 Å². The van der Waals surface area contributed by atoms with E-state index in [0.717, 1.165) is 43.7 Å². The Balaban J connectivity index is 1.08. The summed E-state index contributed by atoms with van der Waals surface area (Å²) in [7, 11) is 0. The Labute approximate surface area is 249 Å². The van der Waals surface area contributed by atoms with Gasteiger partial charge in [-0.05, 0) is 74.2 Å². The van der Waals surface area contributed by atoms with Gasteiger partial charge >= 0.3 is 0 Å². The van der Waals surface area contributed by atoms with Gasteiger partial charge in [0.05, 0.1) is 6.61 Å². The normalized spacial score (nSPS) is 14.4. The number of nitrogens with zero attached hydrogens (tertiary/aromatic N) is 1. The summed E-state index contributed by atoms with van der Waals surface area (Å²) in [6.07, 6.45) is 24.9. The van der Waals surface area contributed by atoms with Gasteiger partial charge in [-0.15, -0.1) is 0 Å². The lowest BCUT2D eigenvalue weighted by molar-refractivity contribution is -0.113. The van der Waals surface area contributed by atoms with Crippen molar-refractivity contribution in [2.45, 2.75) is 135 Å². The van der Waals surface area contributed by atoms with Gasteiger partial charge in [-0.25, -0.2) is 0 Å². The molecule has 0 aromatic heterocycles. The number of amides is 1. The Bertz CT molecular complexity index is 943. The minimum atomic E-state index is 0.155. The van der Waals surface area contributed by atoms with Gasteiger partial charge in [0.2, 0.25) is 5.91 Å². The summed E-state index contributed by atoms with van der Waals surface area (Å²) in [5.41, 5.74) is 0. The Morgan fingerprint density at radius 2 is 1.07 bits per heavy atom. The first-order chi connectivity index (χ1) is 20.2. The highest BCUT2D eigenvalue weighted by Gasteiger charge is 2.43. The van der Waals surface area contributed by atoms with Crippen LogP contribution in [0.5, 0.6) is 23.0 Å². The summed E-state index contributed by atoms with van der Waals surface area (Å²) in [4.78, 5) is 14.2. The van der Waals surface area contributed by atoms with Crippen LogP contribution in [0.4, 0.5) is 0 Å². The lowest BCUT2D eigenvalue weighted by Crippen LogP contribution is -2.05. The molecule has 1 amide bonds. The summed E-state index contributed by atoms with van der Waals surface area (Å²) < 4.78 is 11.6. The van der Waals surface area contributed by atoms with E-state index in [1.807, 2.05) is 24.3 Å². The van der Waals surface area contributed by atoms with E-state index in [9.17, 15) is 9.90 Å². The maximum absolute atomic E-state index is 12.1. The van der Waals surface area contributed by atoms with Crippen molar-refractivity contribution in [2.75, 3.05) is 13.2 Å². The van der Waals surface area contributed by atoms with Crippen LogP contribution >= 0.6 is 0 Å². The third kappa shape index (κ3) is 14.2. The number of hydrogen-bond donors (Lipinski definition) is 1. The number of carbonyl (C=O) groups excluding carboxylic acids is 1. The predicted molar refractivity (Wildman–Crippen MR) is 169 cm³/mol. The molecular weight excluding hydrogens is 510 g/mol. The van der Waals surface area contributed by atoms with Crippen LogP contribution in [0.3, 0.4) is 0 Å². The van der Waals surface area contributed by atoms with Crippen molar-refractivity contribution in [3.63, 3.8) is 0 Å². The van der Waals surface area contributed by atoms with Gasteiger partial charge in [-0.1, -0.05) is 103 Å². The average Bonchev–Trinajstić information content (AvgIpc) is 3.61. The molecule has 41 heavy (non-hydrogen) atoms. The molecule has 0 spiro atoms. The number of benzene rings is 2. The Hall–Kier alpha value is -2.69. The van der Waals surface area contributed by atoms with Crippen molar-refractivity contribution in [1.29, 1.82) is 0 Å². The number of rotatable bonds is 25. The summed E-state index contributed by atoms with van der Waals surface area (Å²) in [5.74, 6) is 2.77. The highest BCUT2D eigenvalue weighted by molar-refractivity contribution is 5.96. The third-order valence-electron chi connectivity index (χ3n) is 8.17. The van der Waals surface area contributed by atoms with Gasteiger partial charge in [0.1, 0.15) is 29.0 Å².